The molecule has 0 saturated carbocycles. The van der Waals surface area contributed by atoms with E-state index in [4.69, 9.17) is 4.74 Å². The van der Waals surface area contributed by atoms with Gasteiger partial charge in [-0.3, -0.25) is 0 Å². The van der Waals surface area contributed by atoms with E-state index in [0.717, 1.165) is 28.5 Å². The number of aromatic nitrogens is 1. The first-order valence-corrected chi connectivity index (χ1v) is 6.88. The molecule has 0 N–H and O–H groups in total. The van der Waals surface area contributed by atoms with Crippen LogP contribution in [0.3, 0.4) is 0 Å². The van der Waals surface area contributed by atoms with Gasteiger partial charge in [0.05, 0.1) is 10.9 Å². The number of hydrogen-bond donors (Lipinski definition) is 0. The Labute approximate surface area is 119 Å². The van der Waals surface area contributed by atoms with Gasteiger partial charge < -0.3 is 4.74 Å². The minimum Gasteiger partial charge on any atom is -0.441 e. The van der Waals surface area contributed by atoms with E-state index in [1.807, 2.05) is 24.3 Å². The second kappa shape index (κ2) is 4.86. The van der Waals surface area contributed by atoms with Crippen molar-refractivity contribution in [3.63, 3.8) is 0 Å². The third-order valence-corrected chi connectivity index (χ3v) is 3.73. The van der Waals surface area contributed by atoms with Crippen molar-refractivity contribution in [1.29, 1.82) is 0 Å². The Kier molecular flexibility index (Phi) is 3.20. The zero-order valence-corrected chi connectivity index (χ0v) is 11.8. The maximum atomic E-state index is 13.6. The minimum atomic E-state index is -1.01. The van der Waals surface area contributed by atoms with Crippen molar-refractivity contribution in [2.75, 3.05) is 0 Å². The molecule has 2 aromatic carbocycles. The fraction of sp³-hybridized carbons (Fsp3) is 0. The summed E-state index contributed by atoms with van der Waals surface area (Å²) in [6.45, 7) is 0. The number of hydrogen-bond acceptors (Lipinski definition) is 3. The molecule has 19 heavy (non-hydrogen) atoms. The first kappa shape index (κ1) is 12.5. The van der Waals surface area contributed by atoms with Crippen molar-refractivity contribution in [2.45, 2.75) is 0 Å². The fourth-order valence-corrected chi connectivity index (χ4v) is 2.79. The maximum Gasteiger partial charge on any atom is 0.208 e. The predicted octanol–water partition coefficient (Wildman–Crippen LogP) is 5.13. The van der Waals surface area contributed by atoms with Crippen LogP contribution >= 0.6 is 27.5 Å². The summed E-state index contributed by atoms with van der Waals surface area (Å²) in [6.07, 6.45) is 0. The van der Waals surface area contributed by atoms with Crippen molar-refractivity contribution in [3.8, 4) is 10.8 Å². The first-order chi connectivity index (χ1) is 9.15. The van der Waals surface area contributed by atoms with Crippen LogP contribution in [0, 0.1) is 11.6 Å². The molecule has 0 aliphatic heterocycles. The number of fused-ring (bicyclic) bond motifs is 1. The predicted molar refractivity (Wildman–Crippen MR) is 73.8 cm³/mol. The summed E-state index contributed by atoms with van der Waals surface area (Å²) in [4.78, 5) is 0. The van der Waals surface area contributed by atoms with E-state index in [-0.39, 0.29) is 5.75 Å². The SMILES string of the molecule is Fc1cc(Br)cc(Oc2snc3ccccc23)c1F. The van der Waals surface area contributed by atoms with Crippen LogP contribution < -0.4 is 4.74 Å². The fourth-order valence-electron chi connectivity index (χ4n) is 1.65. The van der Waals surface area contributed by atoms with Gasteiger partial charge in [0.1, 0.15) is 0 Å². The van der Waals surface area contributed by atoms with Gasteiger partial charge in [0.15, 0.2) is 11.6 Å². The van der Waals surface area contributed by atoms with Gasteiger partial charge in [-0.15, -0.1) is 0 Å². The van der Waals surface area contributed by atoms with Crippen LogP contribution in [-0.2, 0) is 0 Å². The summed E-state index contributed by atoms with van der Waals surface area (Å²) in [6, 6.07) is 9.77. The maximum absolute atomic E-state index is 13.6. The molecule has 1 aromatic heterocycles. The third kappa shape index (κ3) is 2.33. The van der Waals surface area contributed by atoms with E-state index < -0.39 is 11.6 Å². The van der Waals surface area contributed by atoms with E-state index in [0.29, 0.717) is 9.54 Å². The summed E-state index contributed by atoms with van der Waals surface area (Å²) >= 11 is 4.20. The van der Waals surface area contributed by atoms with Gasteiger partial charge in [-0.25, -0.2) is 4.39 Å². The lowest BCUT2D eigenvalue weighted by atomic mass is 10.2. The van der Waals surface area contributed by atoms with Crippen LogP contribution in [0.15, 0.2) is 40.9 Å². The molecular weight excluding hydrogens is 336 g/mol. The topological polar surface area (TPSA) is 22.1 Å². The molecule has 0 atom stereocenters. The van der Waals surface area contributed by atoms with Crippen LogP contribution in [0.1, 0.15) is 0 Å². The Bertz CT molecular complexity index is 759. The highest BCUT2D eigenvalue weighted by molar-refractivity contribution is 9.10. The Morgan fingerprint density at radius 2 is 1.95 bits per heavy atom. The summed E-state index contributed by atoms with van der Waals surface area (Å²) < 4.78 is 36.9. The molecule has 3 aromatic rings. The smallest absolute Gasteiger partial charge is 0.208 e. The molecule has 0 radical (unpaired) electrons. The second-order valence-corrected chi connectivity index (χ2v) is 5.44. The molecule has 0 spiro atoms. The Hall–Kier alpha value is -1.53. The highest BCUT2D eigenvalue weighted by Crippen LogP contribution is 2.36. The van der Waals surface area contributed by atoms with Gasteiger partial charge in [0.2, 0.25) is 10.9 Å². The number of benzene rings is 2. The van der Waals surface area contributed by atoms with Gasteiger partial charge >= 0.3 is 0 Å². The molecule has 0 unspecified atom stereocenters. The monoisotopic (exact) mass is 341 g/mol. The molecule has 0 saturated heterocycles. The lowest BCUT2D eigenvalue weighted by molar-refractivity contribution is 0.425. The summed E-state index contributed by atoms with van der Waals surface area (Å²) in [5.41, 5.74) is 0.762. The lowest BCUT2D eigenvalue weighted by Crippen LogP contribution is -1.91. The highest BCUT2D eigenvalue weighted by Gasteiger charge is 2.15. The Morgan fingerprint density at radius 3 is 2.79 bits per heavy atom. The molecule has 6 heteroatoms. The van der Waals surface area contributed by atoms with Crippen molar-refractivity contribution in [2.24, 2.45) is 0 Å². The van der Waals surface area contributed by atoms with E-state index in [2.05, 4.69) is 20.3 Å². The lowest BCUT2D eigenvalue weighted by Gasteiger charge is -2.05. The molecule has 1 heterocycles. The second-order valence-electron chi connectivity index (χ2n) is 3.79. The number of ether oxygens (including phenoxy) is 1. The largest absolute Gasteiger partial charge is 0.441 e. The first-order valence-electron chi connectivity index (χ1n) is 5.32. The quantitative estimate of drug-likeness (QED) is 0.603. The van der Waals surface area contributed by atoms with Crippen LogP contribution in [0.25, 0.3) is 10.9 Å². The van der Waals surface area contributed by atoms with Crippen LogP contribution in [0.4, 0.5) is 8.78 Å². The number of halogens is 3. The van der Waals surface area contributed by atoms with Crippen LogP contribution in [-0.4, -0.2) is 4.37 Å². The average molecular weight is 342 g/mol. The zero-order chi connectivity index (χ0) is 13.4. The highest BCUT2D eigenvalue weighted by atomic mass is 79.9. The van der Waals surface area contributed by atoms with E-state index in [1.54, 1.807) is 0 Å². The summed E-state index contributed by atoms with van der Waals surface area (Å²) in [7, 11) is 0. The summed E-state index contributed by atoms with van der Waals surface area (Å²) in [5.74, 6) is -2.14. The van der Waals surface area contributed by atoms with Crippen molar-refractivity contribution >= 4 is 38.4 Å². The van der Waals surface area contributed by atoms with Gasteiger partial charge in [0.25, 0.3) is 0 Å². The molecule has 3 rings (SSSR count). The Balaban J connectivity index is 2.06. The zero-order valence-electron chi connectivity index (χ0n) is 9.36. The van der Waals surface area contributed by atoms with E-state index in [1.165, 1.54) is 6.07 Å². The molecule has 0 aliphatic rings. The average Bonchev–Trinajstić information content (AvgIpc) is 2.79. The third-order valence-electron chi connectivity index (χ3n) is 2.51. The van der Waals surface area contributed by atoms with E-state index >= 15 is 0 Å². The molecule has 0 amide bonds. The number of rotatable bonds is 2. The van der Waals surface area contributed by atoms with Crippen molar-refractivity contribution in [1.82, 2.24) is 4.37 Å². The molecule has 0 fully saturated rings. The minimum absolute atomic E-state index is 0.165. The van der Waals surface area contributed by atoms with Crippen LogP contribution in [0.2, 0.25) is 0 Å². The number of nitrogens with zero attached hydrogens (tertiary/aromatic N) is 1. The Morgan fingerprint density at radius 1 is 1.16 bits per heavy atom. The van der Waals surface area contributed by atoms with Crippen LogP contribution in [0.5, 0.6) is 10.8 Å². The molecule has 0 bridgehead atoms. The molecular formula is C13H6BrF2NOS. The standard InChI is InChI=1S/C13H6BrF2NOS/c14-7-5-9(15)12(16)11(6-7)18-13-8-3-1-2-4-10(8)17-19-13/h1-6H. The van der Waals surface area contributed by atoms with Crippen molar-refractivity contribution in [3.05, 3.63) is 52.5 Å². The van der Waals surface area contributed by atoms with Crippen molar-refractivity contribution < 1.29 is 13.5 Å². The van der Waals surface area contributed by atoms with Gasteiger partial charge in [-0.05, 0) is 24.3 Å². The van der Waals surface area contributed by atoms with Gasteiger partial charge in [-0.1, -0.05) is 28.1 Å². The van der Waals surface area contributed by atoms with Gasteiger partial charge in [-0.2, -0.15) is 8.76 Å². The van der Waals surface area contributed by atoms with E-state index in [9.17, 15) is 8.78 Å². The molecule has 96 valence electrons. The molecule has 2 nitrogen and oxygen atoms in total. The summed E-state index contributed by atoms with van der Waals surface area (Å²) in [5, 5.41) is 1.21. The normalized spacial score (nSPS) is 10.9. The molecule has 0 aliphatic carbocycles. The van der Waals surface area contributed by atoms with Gasteiger partial charge in [0, 0.05) is 16.0 Å².